The monoisotopic (exact) mass is 423 g/mol. The van der Waals surface area contributed by atoms with Crippen molar-refractivity contribution in [3.05, 3.63) is 53.0 Å². The number of ketones is 1. The van der Waals surface area contributed by atoms with Gasteiger partial charge in [0.15, 0.2) is 5.78 Å². The Morgan fingerprint density at radius 3 is 2.48 bits per heavy atom. The van der Waals surface area contributed by atoms with Crippen LogP contribution in [0.15, 0.2) is 47.4 Å². The highest BCUT2D eigenvalue weighted by atomic mass is 16.2. The molecule has 3 heterocycles. The minimum absolute atomic E-state index is 0.0433. The van der Waals surface area contributed by atoms with E-state index in [2.05, 4.69) is 39.4 Å². The fourth-order valence-electron chi connectivity index (χ4n) is 4.73. The predicted molar refractivity (Wildman–Crippen MR) is 122 cm³/mol. The number of allylic oxidation sites excluding steroid dienone is 1. The minimum Gasteiger partial charge on any atom is -0.338 e. The van der Waals surface area contributed by atoms with Gasteiger partial charge < -0.3 is 15.5 Å². The fraction of sp³-hybridized carbons (Fsp3) is 0.500. The summed E-state index contributed by atoms with van der Waals surface area (Å²) in [5, 5.41) is 11.2. The van der Waals surface area contributed by atoms with E-state index < -0.39 is 0 Å². The van der Waals surface area contributed by atoms with Crippen LogP contribution in [0.4, 0.5) is 5.69 Å². The first-order valence-corrected chi connectivity index (χ1v) is 11.4. The molecule has 0 radical (unpaired) electrons. The zero-order valence-electron chi connectivity index (χ0n) is 18.8. The third-order valence-electron chi connectivity index (χ3n) is 6.48. The second-order valence-corrected chi connectivity index (χ2v) is 8.40. The van der Waals surface area contributed by atoms with Crippen molar-refractivity contribution in [1.29, 1.82) is 0 Å². The Bertz CT molecular complexity index is 912. The lowest BCUT2D eigenvalue weighted by Gasteiger charge is -2.48. The molecular weight excluding hydrogens is 390 g/mol. The maximum atomic E-state index is 12.9. The van der Waals surface area contributed by atoms with Crippen molar-refractivity contribution in [2.24, 2.45) is 0 Å². The number of nitrogens with zero attached hydrogens (tertiary/aromatic N) is 3. The lowest BCUT2D eigenvalue weighted by atomic mass is 9.97. The number of likely N-dealkylation sites (N-methyl/N-ethyl adjacent to an activating group) is 1. The molecule has 166 valence electrons. The number of Topliss-reactive ketones (excluding diaryl/α,β-unsaturated/α-hetero) is 1. The topological polar surface area (TPSA) is 67.9 Å². The Labute approximate surface area is 184 Å². The van der Waals surface area contributed by atoms with Crippen molar-refractivity contribution in [2.45, 2.75) is 46.1 Å². The summed E-state index contributed by atoms with van der Waals surface area (Å²) in [4.78, 5) is 28.1. The van der Waals surface area contributed by atoms with Crippen molar-refractivity contribution >= 4 is 17.4 Å². The third kappa shape index (κ3) is 4.25. The van der Waals surface area contributed by atoms with Gasteiger partial charge in [0.25, 0.3) is 5.91 Å². The molecule has 3 aliphatic heterocycles. The highest BCUT2D eigenvalue weighted by Gasteiger charge is 2.39. The molecule has 0 aromatic heterocycles. The van der Waals surface area contributed by atoms with Gasteiger partial charge in [-0.25, -0.2) is 5.01 Å². The largest absolute Gasteiger partial charge is 0.338 e. The normalized spacial score (nSPS) is 21.7. The number of hydrogen-bond acceptors (Lipinski definition) is 6. The number of fused-ring (bicyclic) bond motifs is 1. The summed E-state index contributed by atoms with van der Waals surface area (Å²) in [5.41, 5.74) is 2.79. The summed E-state index contributed by atoms with van der Waals surface area (Å²) >= 11 is 0. The summed E-state index contributed by atoms with van der Waals surface area (Å²) in [7, 11) is 0. The molecule has 1 atom stereocenters. The number of para-hydroxylation sites is 1. The van der Waals surface area contributed by atoms with Crippen LogP contribution in [0.25, 0.3) is 0 Å². The molecule has 1 saturated heterocycles. The number of benzene rings is 1. The number of amides is 1. The smallest absolute Gasteiger partial charge is 0.257 e. The van der Waals surface area contributed by atoms with Crippen molar-refractivity contribution in [1.82, 2.24) is 20.2 Å². The lowest BCUT2D eigenvalue weighted by molar-refractivity contribution is -0.115. The van der Waals surface area contributed by atoms with E-state index >= 15 is 0 Å². The Morgan fingerprint density at radius 1 is 1.10 bits per heavy atom. The summed E-state index contributed by atoms with van der Waals surface area (Å²) in [6, 6.07) is 7.45. The van der Waals surface area contributed by atoms with Crippen LogP contribution in [0.5, 0.6) is 0 Å². The van der Waals surface area contributed by atoms with Crippen molar-refractivity contribution in [3.63, 3.8) is 0 Å². The first kappa shape index (κ1) is 21.6. The van der Waals surface area contributed by atoms with Gasteiger partial charge in [0, 0.05) is 25.2 Å². The van der Waals surface area contributed by atoms with Gasteiger partial charge in [-0.05, 0) is 51.1 Å². The van der Waals surface area contributed by atoms with Gasteiger partial charge >= 0.3 is 0 Å². The van der Waals surface area contributed by atoms with Gasteiger partial charge in [0.2, 0.25) is 0 Å². The standard InChI is InChI=1S/C24H33N5O2/c1-4-27(5-2)16-22-19(17(3)30)15-21-23(29(22)28-13-9-6-10-14-28)25-20-12-8-7-11-18(20)24(31)26-21/h7-8,11-12,15,22,25H,4-6,9-10,13-14,16H2,1-3H3,(H,26,31). The van der Waals surface area contributed by atoms with Crippen LogP contribution in [-0.2, 0) is 4.79 Å². The molecule has 1 amide bonds. The summed E-state index contributed by atoms with van der Waals surface area (Å²) < 4.78 is 0. The van der Waals surface area contributed by atoms with E-state index in [9.17, 15) is 9.59 Å². The van der Waals surface area contributed by atoms with Gasteiger partial charge in [-0.1, -0.05) is 32.4 Å². The molecule has 0 saturated carbocycles. The van der Waals surface area contributed by atoms with Crippen LogP contribution in [-0.4, -0.2) is 65.4 Å². The van der Waals surface area contributed by atoms with Crippen molar-refractivity contribution in [2.75, 3.05) is 38.0 Å². The number of anilines is 1. The second kappa shape index (κ2) is 9.24. The fourth-order valence-corrected chi connectivity index (χ4v) is 4.73. The Morgan fingerprint density at radius 2 is 1.81 bits per heavy atom. The van der Waals surface area contributed by atoms with Crippen LogP contribution in [0, 0.1) is 0 Å². The lowest BCUT2D eigenvalue weighted by Crippen LogP contribution is -2.58. The molecular formula is C24H33N5O2. The van der Waals surface area contributed by atoms with Crippen LogP contribution in [0.3, 0.4) is 0 Å². The number of piperidine rings is 1. The molecule has 7 heteroatoms. The molecule has 0 aliphatic carbocycles. The highest BCUT2D eigenvalue weighted by molar-refractivity contribution is 6.03. The van der Waals surface area contributed by atoms with E-state index in [4.69, 9.17) is 0 Å². The molecule has 0 spiro atoms. The van der Waals surface area contributed by atoms with E-state index in [1.165, 1.54) is 6.42 Å². The number of rotatable bonds is 6. The number of carbonyl (C=O) groups excluding carboxylic acids is 2. The molecule has 4 rings (SSSR count). The van der Waals surface area contributed by atoms with Gasteiger partial charge in [0.1, 0.15) is 5.82 Å². The molecule has 7 nitrogen and oxygen atoms in total. The van der Waals surface area contributed by atoms with Gasteiger partial charge in [-0.2, -0.15) is 0 Å². The van der Waals surface area contributed by atoms with E-state index in [1.54, 1.807) is 6.92 Å². The van der Waals surface area contributed by atoms with E-state index in [1.807, 2.05) is 30.3 Å². The van der Waals surface area contributed by atoms with Crippen molar-refractivity contribution in [3.8, 4) is 0 Å². The summed E-state index contributed by atoms with van der Waals surface area (Å²) in [6.07, 6.45) is 5.35. The molecule has 0 bridgehead atoms. The first-order chi connectivity index (χ1) is 15.0. The van der Waals surface area contributed by atoms with Crippen molar-refractivity contribution < 1.29 is 9.59 Å². The van der Waals surface area contributed by atoms with Gasteiger partial charge in [-0.3, -0.25) is 14.6 Å². The van der Waals surface area contributed by atoms with E-state index in [0.717, 1.165) is 62.6 Å². The molecule has 1 aromatic carbocycles. The Kier molecular flexibility index (Phi) is 6.43. The molecule has 31 heavy (non-hydrogen) atoms. The number of hydrazine groups is 1. The minimum atomic E-state index is -0.159. The summed E-state index contributed by atoms with van der Waals surface area (Å²) in [6.45, 7) is 10.4. The Hall–Kier alpha value is -2.64. The van der Waals surface area contributed by atoms with Crippen LogP contribution in [0.2, 0.25) is 0 Å². The average molecular weight is 424 g/mol. The Balaban J connectivity index is 1.82. The highest BCUT2D eigenvalue weighted by Crippen LogP contribution is 2.34. The predicted octanol–water partition coefficient (Wildman–Crippen LogP) is 2.95. The third-order valence-corrected chi connectivity index (χ3v) is 6.48. The summed E-state index contributed by atoms with van der Waals surface area (Å²) in [5.74, 6) is 0.733. The maximum absolute atomic E-state index is 12.9. The van der Waals surface area contributed by atoms with Crippen LogP contribution in [0.1, 0.15) is 50.4 Å². The average Bonchev–Trinajstić information content (AvgIpc) is 2.93. The molecule has 2 N–H and O–H groups in total. The number of nitrogens with one attached hydrogen (secondary N) is 2. The van der Waals surface area contributed by atoms with Gasteiger partial charge in [-0.15, -0.1) is 0 Å². The van der Waals surface area contributed by atoms with E-state index in [0.29, 0.717) is 11.3 Å². The van der Waals surface area contributed by atoms with E-state index in [-0.39, 0.29) is 17.7 Å². The van der Waals surface area contributed by atoms with Crippen LogP contribution >= 0.6 is 0 Å². The SMILES string of the molecule is CCN(CC)CC1C(C(C)=O)=CC2=C(Nc3ccccc3C(=O)N2)N1N1CCCCC1. The quantitative estimate of drug-likeness (QED) is 0.733. The zero-order chi connectivity index (χ0) is 22.0. The van der Waals surface area contributed by atoms with Gasteiger partial charge in [0.05, 0.1) is 23.0 Å². The molecule has 1 aromatic rings. The molecule has 1 unspecified atom stereocenters. The van der Waals surface area contributed by atoms with Crippen LogP contribution < -0.4 is 10.6 Å². The number of carbonyl (C=O) groups is 2. The molecule has 1 fully saturated rings. The maximum Gasteiger partial charge on any atom is 0.257 e. The second-order valence-electron chi connectivity index (χ2n) is 8.40. The molecule has 3 aliphatic rings. The number of hydrogen-bond donors (Lipinski definition) is 2. The zero-order valence-corrected chi connectivity index (χ0v) is 18.8. The first-order valence-electron chi connectivity index (χ1n) is 11.4.